The highest BCUT2D eigenvalue weighted by molar-refractivity contribution is 6.33. The summed E-state index contributed by atoms with van der Waals surface area (Å²) in [6, 6.07) is 10.1. The van der Waals surface area contributed by atoms with E-state index in [9.17, 15) is 4.39 Å². The molecule has 3 nitrogen and oxygen atoms in total. The van der Waals surface area contributed by atoms with Crippen LogP contribution in [0.2, 0.25) is 5.02 Å². The SMILES string of the molecule is CO/N=C(\C)c1ccc(Cl)c(-c2cccc(N)c2)c1F. The Balaban J connectivity index is 2.65. The van der Waals surface area contributed by atoms with Crippen molar-refractivity contribution in [1.82, 2.24) is 0 Å². The highest BCUT2D eigenvalue weighted by Gasteiger charge is 2.16. The maximum atomic E-state index is 14.7. The van der Waals surface area contributed by atoms with Crippen LogP contribution in [0.3, 0.4) is 0 Å². The number of benzene rings is 2. The predicted octanol–water partition coefficient (Wildman–Crippen LogP) is 4.10. The molecule has 0 fully saturated rings. The van der Waals surface area contributed by atoms with Gasteiger partial charge < -0.3 is 10.6 Å². The summed E-state index contributed by atoms with van der Waals surface area (Å²) >= 11 is 6.12. The van der Waals surface area contributed by atoms with Crippen molar-refractivity contribution in [1.29, 1.82) is 0 Å². The van der Waals surface area contributed by atoms with Gasteiger partial charge in [-0.3, -0.25) is 0 Å². The fraction of sp³-hybridized carbons (Fsp3) is 0.133. The van der Waals surface area contributed by atoms with Gasteiger partial charge in [0.1, 0.15) is 12.9 Å². The molecule has 0 aromatic heterocycles. The zero-order chi connectivity index (χ0) is 14.7. The molecule has 2 N–H and O–H groups in total. The van der Waals surface area contributed by atoms with E-state index in [4.69, 9.17) is 17.3 Å². The van der Waals surface area contributed by atoms with E-state index in [1.54, 1.807) is 43.3 Å². The van der Waals surface area contributed by atoms with Crippen LogP contribution in [0, 0.1) is 5.82 Å². The number of nitrogen functional groups attached to an aromatic ring is 1. The summed E-state index contributed by atoms with van der Waals surface area (Å²) in [5, 5.41) is 4.07. The Morgan fingerprint density at radius 2 is 2.05 bits per heavy atom. The third kappa shape index (κ3) is 2.75. The van der Waals surface area contributed by atoms with E-state index in [-0.39, 0.29) is 0 Å². The van der Waals surface area contributed by atoms with E-state index in [0.717, 1.165) is 0 Å². The molecule has 2 aromatic carbocycles. The molecule has 0 spiro atoms. The topological polar surface area (TPSA) is 47.6 Å². The monoisotopic (exact) mass is 292 g/mol. The molecule has 0 bridgehead atoms. The van der Waals surface area contributed by atoms with Crippen LogP contribution >= 0.6 is 11.6 Å². The summed E-state index contributed by atoms with van der Waals surface area (Å²) in [5.74, 6) is -0.443. The normalized spacial score (nSPS) is 11.5. The molecule has 0 atom stereocenters. The second-order valence-electron chi connectivity index (χ2n) is 4.27. The van der Waals surface area contributed by atoms with Gasteiger partial charge in [0.15, 0.2) is 0 Å². The van der Waals surface area contributed by atoms with Crippen LogP contribution in [0.25, 0.3) is 11.1 Å². The van der Waals surface area contributed by atoms with Crippen molar-refractivity contribution in [3.05, 3.63) is 52.8 Å². The summed E-state index contributed by atoms with van der Waals surface area (Å²) in [6.07, 6.45) is 0. The van der Waals surface area contributed by atoms with Crippen molar-refractivity contribution in [2.45, 2.75) is 6.92 Å². The van der Waals surface area contributed by atoms with Gasteiger partial charge in [-0.1, -0.05) is 28.9 Å². The Bertz CT molecular complexity index is 671. The number of hydrogen-bond donors (Lipinski definition) is 1. The Labute approximate surface area is 121 Å². The van der Waals surface area contributed by atoms with Gasteiger partial charge in [0.25, 0.3) is 0 Å². The van der Waals surface area contributed by atoms with E-state index in [0.29, 0.717) is 33.1 Å². The minimum absolute atomic E-state index is 0.308. The molecule has 0 unspecified atom stereocenters. The van der Waals surface area contributed by atoms with Gasteiger partial charge in [-0.2, -0.15) is 0 Å². The van der Waals surface area contributed by atoms with Gasteiger partial charge >= 0.3 is 0 Å². The maximum absolute atomic E-state index is 14.7. The van der Waals surface area contributed by atoms with Crippen LogP contribution in [-0.2, 0) is 4.84 Å². The van der Waals surface area contributed by atoms with Crippen molar-refractivity contribution in [3.63, 3.8) is 0 Å². The third-order valence-corrected chi connectivity index (χ3v) is 3.20. The molecule has 0 aliphatic carbocycles. The minimum Gasteiger partial charge on any atom is -0.399 e. The molecule has 0 heterocycles. The van der Waals surface area contributed by atoms with E-state index < -0.39 is 5.82 Å². The summed E-state index contributed by atoms with van der Waals surface area (Å²) in [6.45, 7) is 1.67. The van der Waals surface area contributed by atoms with E-state index in [2.05, 4.69) is 9.99 Å². The largest absolute Gasteiger partial charge is 0.399 e. The van der Waals surface area contributed by atoms with Crippen LogP contribution in [-0.4, -0.2) is 12.8 Å². The van der Waals surface area contributed by atoms with Gasteiger partial charge in [0.05, 0.1) is 10.7 Å². The first-order valence-corrected chi connectivity index (χ1v) is 6.34. The smallest absolute Gasteiger partial charge is 0.141 e. The van der Waals surface area contributed by atoms with Crippen molar-refractivity contribution in [3.8, 4) is 11.1 Å². The highest BCUT2D eigenvalue weighted by atomic mass is 35.5. The second-order valence-corrected chi connectivity index (χ2v) is 4.68. The molecule has 0 amide bonds. The molecule has 0 radical (unpaired) electrons. The lowest BCUT2D eigenvalue weighted by Gasteiger charge is -2.11. The maximum Gasteiger partial charge on any atom is 0.141 e. The quantitative estimate of drug-likeness (QED) is 0.526. The Morgan fingerprint density at radius 1 is 1.30 bits per heavy atom. The summed E-state index contributed by atoms with van der Waals surface area (Å²) in [5.41, 5.74) is 7.99. The van der Waals surface area contributed by atoms with Crippen molar-refractivity contribution >= 4 is 23.0 Å². The number of nitrogens with zero attached hydrogens (tertiary/aromatic N) is 1. The highest BCUT2D eigenvalue weighted by Crippen LogP contribution is 2.33. The average Bonchev–Trinajstić information content (AvgIpc) is 2.39. The lowest BCUT2D eigenvalue weighted by atomic mass is 9.99. The van der Waals surface area contributed by atoms with E-state index >= 15 is 0 Å². The first kappa shape index (κ1) is 14.3. The summed E-state index contributed by atoms with van der Waals surface area (Å²) in [4.78, 5) is 4.68. The molecule has 0 aliphatic rings. The zero-order valence-corrected chi connectivity index (χ0v) is 11.9. The van der Waals surface area contributed by atoms with E-state index in [1.165, 1.54) is 7.11 Å². The van der Waals surface area contributed by atoms with Crippen molar-refractivity contribution in [2.24, 2.45) is 5.16 Å². The van der Waals surface area contributed by atoms with Crippen LogP contribution in [0.1, 0.15) is 12.5 Å². The third-order valence-electron chi connectivity index (χ3n) is 2.88. The molecule has 104 valence electrons. The van der Waals surface area contributed by atoms with Gasteiger partial charge in [-0.25, -0.2) is 4.39 Å². The van der Waals surface area contributed by atoms with E-state index in [1.807, 2.05) is 0 Å². The molecule has 20 heavy (non-hydrogen) atoms. The minimum atomic E-state index is -0.443. The predicted molar refractivity (Wildman–Crippen MR) is 80.5 cm³/mol. The van der Waals surface area contributed by atoms with Crippen molar-refractivity contribution < 1.29 is 9.23 Å². The Hall–Kier alpha value is -2.07. The average molecular weight is 293 g/mol. The fourth-order valence-corrected chi connectivity index (χ4v) is 2.23. The molecule has 2 rings (SSSR count). The van der Waals surface area contributed by atoms with Crippen molar-refractivity contribution in [2.75, 3.05) is 12.8 Å². The van der Waals surface area contributed by atoms with Crippen LogP contribution < -0.4 is 5.73 Å². The second kappa shape index (κ2) is 5.92. The molecular formula is C15H14ClFN2O. The summed E-state index contributed by atoms with van der Waals surface area (Å²) in [7, 11) is 1.41. The van der Waals surface area contributed by atoms with Gasteiger partial charge in [0, 0.05) is 16.8 Å². The summed E-state index contributed by atoms with van der Waals surface area (Å²) < 4.78 is 14.7. The molecular weight excluding hydrogens is 279 g/mol. The number of rotatable bonds is 3. The molecule has 2 aromatic rings. The number of hydrogen-bond acceptors (Lipinski definition) is 3. The number of anilines is 1. The van der Waals surface area contributed by atoms with Gasteiger partial charge in [-0.05, 0) is 36.8 Å². The van der Waals surface area contributed by atoms with Gasteiger partial charge in [0.2, 0.25) is 0 Å². The number of nitrogens with two attached hydrogens (primary N) is 1. The van der Waals surface area contributed by atoms with Crippen LogP contribution in [0.5, 0.6) is 0 Å². The first-order chi connectivity index (χ1) is 9.54. The van der Waals surface area contributed by atoms with Crippen LogP contribution in [0.15, 0.2) is 41.6 Å². The number of halogens is 2. The molecule has 0 saturated heterocycles. The zero-order valence-electron chi connectivity index (χ0n) is 11.2. The fourth-order valence-electron chi connectivity index (χ4n) is 1.98. The Morgan fingerprint density at radius 3 is 2.70 bits per heavy atom. The number of oxime groups is 1. The lowest BCUT2D eigenvalue weighted by molar-refractivity contribution is 0.213. The molecule has 0 saturated carbocycles. The lowest BCUT2D eigenvalue weighted by Crippen LogP contribution is -2.02. The molecule has 5 heteroatoms. The standard InChI is InChI=1S/C15H14ClFN2O/c1-9(19-20-2)12-6-7-13(16)14(15(12)17)10-4-3-5-11(18)8-10/h3-8H,18H2,1-2H3/b19-9+. The molecule has 0 aliphatic heterocycles. The van der Waals surface area contributed by atoms with Crippen LogP contribution in [0.4, 0.5) is 10.1 Å². The van der Waals surface area contributed by atoms with Gasteiger partial charge in [-0.15, -0.1) is 0 Å². The first-order valence-electron chi connectivity index (χ1n) is 5.96. The Kier molecular flexibility index (Phi) is 4.25.